The Morgan fingerprint density at radius 1 is 0.971 bits per heavy atom. The number of carbonyl (C=O) groups is 2. The molecule has 0 spiro atoms. The number of nitriles is 1. The molecule has 0 aliphatic carbocycles. The molecule has 1 N–H and O–H groups in total. The highest BCUT2D eigenvalue weighted by atomic mass is 16.5. The van der Waals surface area contributed by atoms with Crippen LogP contribution in [0.25, 0.3) is 5.69 Å². The van der Waals surface area contributed by atoms with Crippen LogP contribution >= 0.6 is 0 Å². The number of nitrogens with one attached hydrogen (secondary N) is 1. The summed E-state index contributed by atoms with van der Waals surface area (Å²) in [5, 5.41) is 12.4. The van der Waals surface area contributed by atoms with Gasteiger partial charge in [0.25, 0.3) is 5.91 Å². The molecule has 34 heavy (non-hydrogen) atoms. The van der Waals surface area contributed by atoms with E-state index in [1.54, 1.807) is 4.57 Å². The Morgan fingerprint density at radius 3 is 2.24 bits per heavy atom. The predicted octanol–water partition coefficient (Wildman–Crippen LogP) is 3.79. The summed E-state index contributed by atoms with van der Waals surface area (Å²) in [5.41, 5.74) is 2.75. The molecule has 0 bridgehead atoms. The van der Waals surface area contributed by atoms with Crippen LogP contribution in [0.2, 0.25) is 0 Å². The lowest BCUT2D eigenvalue weighted by molar-refractivity contribution is -0.119. The highest BCUT2D eigenvalue weighted by Crippen LogP contribution is 2.40. The molecular weight excluding hydrogens is 438 g/mol. The first kappa shape index (κ1) is 24.2. The zero-order valence-electron chi connectivity index (χ0n) is 19.6. The maximum Gasteiger partial charge on any atom is 0.342 e. The summed E-state index contributed by atoms with van der Waals surface area (Å²) in [7, 11) is 4.26. The lowest BCUT2D eigenvalue weighted by atomic mass is 10.1. The van der Waals surface area contributed by atoms with Crippen molar-refractivity contribution in [2.24, 2.45) is 0 Å². The van der Waals surface area contributed by atoms with Gasteiger partial charge < -0.3 is 24.3 Å². The molecule has 9 nitrogen and oxygen atoms in total. The van der Waals surface area contributed by atoms with E-state index in [0.717, 1.165) is 16.9 Å². The third-order valence-electron chi connectivity index (χ3n) is 5.36. The van der Waals surface area contributed by atoms with Crippen molar-refractivity contribution in [3.63, 3.8) is 0 Å². The summed E-state index contributed by atoms with van der Waals surface area (Å²) in [6, 6.07) is 14.5. The van der Waals surface area contributed by atoms with Gasteiger partial charge >= 0.3 is 5.97 Å². The summed E-state index contributed by atoms with van der Waals surface area (Å²) in [4.78, 5) is 25.4. The van der Waals surface area contributed by atoms with Crippen molar-refractivity contribution in [3.8, 4) is 29.0 Å². The number of benzene rings is 2. The van der Waals surface area contributed by atoms with Crippen LogP contribution in [-0.2, 0) is 9.53 Å². The van der Waals surface area contributed by atoms with Crippen molar-refractivity contribution in [2.75, 3.05) is 33.3 Å². The highest BCUT2D eigenvalue weighted by molar-refractivity contribution is 5.98. The average Bonchev–Trinajstić information content (AvgIpc) is 3.10. The highest BCUT2D eigenvalue weighted by Gasteiger charge is 2.24. The fourth-order valence-corrected chi connectivity index (χ4v) is 3.60. The second-order valence-corrected chi connectivity index (χ2v) is 7.22. The monoisotopic (exact) mass is 463 g/mol. The number of nitrogens with zero attached hydrogens (tertiary/aromatic N) is 2. The van der Waals surface area contributed by atoms with Crippen LogP contribution in [0.4, 0.5) is 5.82 Å². The van der Waals surface area contributed by atoms with Gasteiger partial charge in [-0.1, -0.05) is 18.2 Å². The fraction of sp³-hybridized carbons (Fsp3) is 0.240. The van der Waals surface area contributed by atoms with Crippen LogP contribution in [-0.4, -0.2) is 44.4 Å². The molecular formula is C25H25N3O6. The van der Waals surface area contributed by atoms with E-state index in [-0.39, 0.29) is 17.1 Å². The lowest BCUT2D eigenvalue weighted by Crippen LogP contribution is -2.23. The average molecular weight is 463 g/mol. The van der Waals surface area contributed by atoms with Gasteiger partial charge in [0, 0.05) is 11.4 Å². The van der Waals surface area contributed by atoms with E-state index in [2.05, 4.69) is 11.4 Å². The SMILES string of the molecule is COc1ccc(C(=O)OCC(=O)Nc2c(C#N)c(C)c(C)n2-c2ccccc2)c(OC)c1OC. The minimum absolute atomic E-state index is 0.0741. The van der Waals surface area contributed by atoms with Crippen molar-refractivity contribution in [1.82, 2.24) is 4.57 Å². The predicted molar refractivity (Wildman–Crippen MR) is 125 cm³/mol. The first-order chi connectivity index (χ1) is 16.4. The summed E-state index contributed by atoms with van der Waals surface area (Å²) < 4.78 is 22.8. The quantitative estimate of drug-likeness (QED) is 0.506. The van der Waals surface area contributed by atoms with Crippen molar-refractivity contribution >= 4 is 17.7 Å². The van der Waals surface area contributed by atoms with Gasteiger partial charge in [-0.2, -0.15) is 5.26 Å². The number of hydrogen-bond donors (Lipinski definition) is 1. The van der Waals surface area contributed by atoms with Crippen molar-refractivity contribution in [2.45, 2.75) is 13.8 Å². The van der Waals surface area contributed by atoms with Crippen molar-refractivity contribution < 1.29 is 28.5 Å². The van der Waals surface area contributed by atoms with E-state index >= 15 is 0 Å². The molecule has 0 radical (unpaired) electrons. The number of para-hydroxylation sites is 1. The first-order valence-corrected chi connectivity index (χ1v) is 10.3. The number of amides is 1. The molecule has 0 saturated carbocycles. The van der Waals surface area contributed by atoms with Gasteiger partial charge in [0.15, 0.2) is 18.1 Å². The molecule has 176 valence electrons. The third-order valence-corrected chi connectivity index (χ3v) is 5.36. The van der Waals surface area contributed by atoms with Gasteiger partial charge in [-0.15, -0.1) is 0 Å². The molecule has 2 aromatic carbocycles. The largest absolute Gasteiger partial charge is 0.493 e. The maximum atomic E-state index is 12.7. The molecule has 1 aromatic heterocycles. The van der Waals surface area contributed by atoms with Gasteiger partial charge in [-0.25, -0.2) is 4.79 Å². The molecule has 0 aliphatic rings. The molecule has 1 heterocycles. The number of methoxy groups -OCH3 is 3. The van der Waals surface area contributed by atoms with Crippen LogP contribution in [0.1, 0.15) is 27.2 Å². The van der Waals surface area contributed by atoms with Crippen molar-refractivity contribution in [3.05, 3.63) is 64.8 Å². The molecule has 0 fully saturated rings. The molecule has 9 heteroatoms. The van der Waals surface area contributed by atoms with E-state index in [4.69, 9.17) is 18.9 Å². The summed E-state index contributed by atoms with van der Waals surface area (Å²) in [5.74, 6) is -0.325. The minimum atomic E-state index is -0.778. The second kappa shape index (κ2) is 10.4. The Balaban J connectivity index is 1.83. The van der Waals surface area contributed by atoms with Gasteiger partial charge in [0.1, 0.15) is 17.5 Å². The van der Waals surface area contributed by atoms with Crippen LogP contribution in [0.3, 0.4) is 0 Å². The summed E-state index contributed by atoms with van der Waals surface area (Å²) in [6.45, 7) is 3.10. The van der Waals surface area contributed by atoms with Gasteiger partial charge in [-0.3, -0.25) is 9.36 Å². The Bertz CT molecular complexity index is 1260. The third kappa shape index (κ3) is 4.52. The summed E-state index contributed by atoms with van der Waals surface area (Å²) >= 11 is 0. The van der Waals surface area contributed by atoms with Crippen molar-refractivity contribution in [1.29, 1.82) is 5.26 Å². The zero-order valence-corrected chi connectivity index (χ0v) is 19.6. The number of carbonyl (C=O) groups excluding carboxylic acids is 2. The normalized spacial score (nSPS) is 10.2. The number of rotatable bonds is 8. The smallest absolute Gasteiger partial charge is 0.342 e. The molecule has 0 atom stereocenters. The zero-order chi connectivity index (χ0) is 24.8. The number of esters is 1. The van der Waals surface area contributed by atoms with Crippen LogP contribution in [0.5, 0.6) is 17.2 Å². The van der Waals surface area contributed by atoms with Gasteiger partial charge in [0.2, 0.25) is 5.75 Å². The number of hydrogen-bond acceptors (Lipinski definition) is 7. The molecule has 1 amide bonds. The molecule has 0 aliphatic heterocycles. The second-order valence-electron chi connectivity index (χ2n) is 7.22. The Labute approximate surface area is 197 Å². The number of ether oxygens (including phenoxy) is 4. The number of anilines is 1. The summed E-state index contributed by atoms with van der Waals surface area (Å²) in [6.07, 6.45) is 0. The Hall–Kier alpha value is -4.45. The lowest BCUT2D eigenvalue weighted by Gasteiger charge is -2.15. The van der Waals surface area contributed by atoms with Crippen LogP contribution in [0, 0.1) is 25.2 Å². The molecule has 0 unspecified atom stereocenters. The van der Waals surface area contributed by atoms with E-state index in [1.165, 1.54) is 33.5 Å². The minimum Gasteiger partial charge on any atom is -0.493 e. The van der Waals surface area contributed by atoms with E-state index in [0.29, 0.717) is 17.1 Å². The molecule has 3 aromatic rings. The van der Waals surface area contributed by atoms with E-state index < -0.39 is 18.5 Å². The van der Waals surface area contributed by atoms with Crippen LogP contribution < -0.4 is 19.5 Å². The van der Waals surface area contributed by atoms with Gasteiger partial charge in [0.05, 0.1) is 26.9 Å². The topological polar surface area (TPSA) is 112 Å². The van der Waals surface area contributed by atoms with Gasteiger partial charge in [-0.05, 0) is 43.7 Å². The van der Waals surface area contributed by atoms with Crippen LogP contribution in [0.15, 0.2) is 42.5 Å². The number of aromatic nitrogens is 1. The molecule has 0 saturated heterocycles. The standard InChI is InChI=1S/C25H25N3O6/c1-15-16(2)28(17-9-7-6-8-10-17)24(19(15)13-26)27-21(29)14-34-25(30)18-11-12-20(31-3)23(33-5)22(18)32-4/h6-12H,14H2,1-5H3,(H,27,29). The maximum absolute atomic E-state index is 12.7. The Morgan fingerprint density at radius 2 is 1.65 bits per heavy atom. The first-order valence-electron chi connectivity index (χ1n) is 10.3. The van der Waals surface area contributed by atoms with E-state index in [1.807, 2.05) is 44.2 Å². The molecule has 3 rings (SSSR count). The van der Waals surface area contributed by atoms with E-state index in [9.17, 15) is 14.9 Å². The fourth-order valence-electron chi connectivity index (χ4n) is 3.60. The Kier molecular flexibility index (Phi) is 7.43.